The van der Waals surface area contributed by atoms with Crippen LogP contribution in [0.15, 0.2) is 36.5 Å². The number of nitrogens with zero attached hydrogens (tertiary/aromatic N) is 5. The van der Waals surface area contributed by atoms with Crippen molar-refractivity contribution in [1.82, 2.24) is 19.7 Å². The van der Waals surface area contributed by atoms with E-state index in [-0.39, 0.29) is 18.5 Å². The van der Waals surface area contributed by atoms with Gasteiger partial charge in [-0.2, -0.15) is 5.10 Å². The van der Waals surface area contributed by atoms with E-state index in [0.717, 1.165) is 35.7 Å². The molecule has 2 aromatic heterocycles. The van der Waals surface area contributed by atoms with Crippen molar-refractivity contribution in [3.63, 3.8) is 0 Å². The van der Waals surface area contributed by atoms with E-state index < -0.39 is 0 Å². The SMILES string of the molecule is CCOc1cc(N2CCN(C(=O)Cn3nc(-c4ccnc(C)c4)c(Cl)c3C)[C@@H](C)C2)ccc1Cl. The van der Waals surface area contributed by atoms with Gasteiger partial charge in [-0.25, -0.2) is 0 Å². The van der Waals surface area contributed by atoms with Crippen LogP contribution in [-0.2, 0) is 11.3 Å². The standard InChI is InChI=1S/C25H29Cl2N5O2/c1-5-34-22-13-20(6-7-21(22)26)30-10-11-31(17(3)14-30)23(33)15-32-18(4)24(27)25(29-32)19-8-9-28-16(2)12-19/h6-9,12-13,17H,5,10-11,14-15H2,1-4H3/t17-/m0/s1. The molecule has 1 amide bonds. The van der Waals surface area contributed by atoms with Crippen LogP contribution >= 0.6 is 23.2 Å². The van der Waals surface area contributed by atoms with Crippen LogP contribution in [0.5, 0.6) is 5.75 Å². The van der Waals surface area contributed by atoms with E-state index in [4.69, 9.17) is 27.9 Å². The minimum absolute atomic E-state index is 0.0259. The molecule has 180 valence electrons. The third-order valence-electron chi connectivity index (χ3n) is 6.12. The lowest BCUT2D eigenvalue weighted by Crippen LogP contribution is -2.54. The van der Waals surface area contributed by atoms with Gasteiger partial charge in [-0.15, -0.1) is 0 Å². The van der Waals surface area contributed by atoms with E-state index >= 15 is 0 Å². The Balaban J connectivity index is 1.45. The highest BCUT2D eigenvalue weighted by Crippen LogP contribution is 2.32. The number of carbonyl (C=O) groups is 1. The first kappa shape index (κ1) is 24.4. The molecule has 1 atom stereocenters. The molecule has 34 heavy (non-hydrogen) atoms. The maximum absolute atomic E-state index is 13.2. The Hall–Kier alpha value is -2.77. The number of anilines is 1. The van der Waals surface area contributed by atoms with Crippen LogP contribution in [0.25, 0.3) is 11.3 Å². The number of carbonyl (C=O) groups excluding carboxylic acids is 1. The molecule has 0 N–H and O–H groups in total. The fourth-order valence-electron chi connectivity index (χ4n) is 4.29. The van der Waals surface area contributed by atoms with Gasteiger partial charge in [0, 0.05) is 54.9 Å². The van der Waals surface area contributed by atoms with Crippen LogP contribution < -0.4 is 9.64 Å². The highest BCUT2D eigenvalue weighted by atomic mass is 35.5. The highest BCUT2D eigenvalue weighted by molar-refractivity contribution is 6.33. The molecule has 1 aliphatic rings. The Morgan fingerprint density at radius 1 is 1.18 bits per heavy atom. The average Bonchev–Trinajstić information content (AvgIpc) is 3.09. The fraction of sp³-hybridized carbons (Fsp3) is 0.400. The maximum Gasteiger partial charge on any atom is 0.244 e. The van der Waals surface area contributed by atoms with Gasteiger partial charge in [-0.05, 0) is 52.0 Å². The summed E-state index contributed by atoms with van der Waals surface area (Å²) in [5, 5.41) is 5.81. The Morgan fingerprint density at radius 2 is 1.97 bits per heavy atom. The predicted octanol–water partition coefficient (Wildman–Crippen LogP) is 5.00. The second-order valence-corrected chi connectivity index (χ2v) is 9.31. The monoisotopic (exact) mass is 501 g/mol. The zero-order valence-corrected chi connectivity index (χ0v) is 21.4. The number of rotatable bonds is 6. The summed E-state index contributed by atoms with van der Waals surface area (Å²) in [6.07, 6.45) is 1.74. The highest BCUT2D eigenvalue weighted by Gasteiger charge is 2.29. The van der Waals surface area contributed by atoms with Gasteiger partial charge in [0.1, 0.15) is 18.0 Å². The summed E-state index contributed by atoms with van der Waals surface area (Å²) in [6, 6.07) is 9.67. The number of halogens is 2. The Kier molecular flexibility index (Phi) is 7.33. The lowest BCUT2D eigenvalue weighted by molar-refractivity contribution is -0.134. The Morgan fingerprint density at radius 3 is 2.68 bits per heavy atom. The molecule has 4 rings (SSSR count). The van der Waals surface area contributed by atoms with E-state index in [1.165, 1.54) is 0 Å². The number of amides is 1. The maximum atomic E-state index is 13.2. The average molecular weight is 502 g/mol. The first-order valence-electron chi connectivity index (χ1n) is 11.4. The van der Waals surface area contributed by atoms with E-state index in [0.29, 0.717) is 34.6 Å². The molecule has 0 aliphatic carbocycles. The summed E-state index contributed by atoms with van der Waals surface area (Å²) < 4.78 is 7.33. The largest absolute Gasteiger partial charge is 0.492 e. The van der Waals surface area contributed by atoms with E-state index in [2.05, 4.69) is 21.9 Å². The van der Waals surface area contributed by atoms with Crippen molar-refractivity contribution in [2.24, 2.45) is 0 Å². The summed E-state index contributed by atoms with van der Waals surface area (Å²) >= 11 is 12.8. The van der Waals surface area contributed by atoms with Crippen LogP contribution in [0.3, 0.4) is 0 Å². The van der Waals surface area contributed by atoms with Gasteiger partial charge in [-0.1, -0.05) is 23.2 Å². The van der Waals surface area contributed by atoms with E-state index in [9.17, 15) is 4.79 Å². The van der Waals surface area contributed by atoms with Crippen LogP contribution in [0.4, 0.5) is 5.69 Å². The molecule has 1 aliphatic heterocycles. The molecule has 0 unspecified atom stereocenters. The number of benzene rings is 1. The minimum atomic E-state index is 0.0259. The van der Waals surface area contributed by atoms with Crippen molar-refractivity contribution >= 4 is 34.8 Å². The van der Waals surface area contributed by atoms with Crippen molar-refractivity contribution < 1.29 is 9.53 Å². The second kappa shape index (κ2) is 10.2. The van der Waals surface area contributed by atoms with Crippen molar-refractivity contribution in [3.8, 4) is 17.0 Å². The summed E-state index contributed by atoms with van der Waals surface area (Å²) in [5.74, 6) is 0.706. The fourth-order valence-corrected chi connectivity index (χ4v) is 4.71. The van der Waals surface area contributed by atoms with Crippen molar-refractivity contribution in [3.05, 3.63) is 58.0 Å². The number of aromatic nitrogens is 3. The quantitative estimate of drug-likeness (QED) is 0.475. The molecule has 1 saturated heterocycles. The molecule has 0 saturated carbocycles. The normalized spacial score (nSPS) is 16.1. The lowest BCUT2D eigenvalue weighted by Gasteiger charge is -2.41. The molecule has 3 heterocycles. The second-order valence-electron chi connectivity index (χ2n) is 8.52. The zero-order chi connectivity index (χ0) is 24.4. The molecule has 0 spiro atoms. The van der Waals surface area contributed by atoms with Gasteiger partial charge in [-0.3, -0.25) is 14.5 Å². The third kappa shape index (κ3) is 5.00. The summed E-state index contributed by atoms with van der Waals surface area (Å²) in [5.41, 5.74) is 4.26. The van der Waals surface area contributed by atoms with Crippen LogP contribution in [-0.4, -0.2) is 57.9 Å². The van der Waals surface area contributed by atoms with Gasteiger partial charge in [0.25, 0.3) is 0 Å². The molecule has 1 aromatic carbocycles. The minimum Gasteiger partial charge on any atom is -0.492 e. The van der Waals surface area contributed by atoms with E-state index in [1.807, 2.05) is 56.0 Å². The van der Waals surface area contributed by atoms with Crippen LogP contribution in [0.2, 0.25) is 10.0 Å². The van der Waals surface area contributed by atoms with Gasteiger partial charge in [0.05, 0.1) is 22.3 Å². The first-order valence-corrected chi connectivity index (χ1v) is 12.2. The summed E-state index contributed by atoms with van der Waals surface area (Å²) in [6.45, 7) is 10.6. The molecule has 7 nitrogen and oxygen atoms in total. The first-order chi connectivity index (χ1) is 16.3. The van der Waals surface area contributed by atoms with Crippen LogP contribution in [0.1, 0.15) is 25.2 Å². The number of aryl methyl sites for hydroxylation is 1. The Labute approximate surface area is 210 Å². The molecular weight excluding hydrogens is 473 g/mol. The number of hydrogen-bond acceptors (Lipinski definition) is 5. The predicted molar refractivity (Wildman–Crippen MR) is 136 cm³/mol. The molecule has 9 heteroatoms. The summed E-state index contributed by atoms with van der Waals surface area (Å²) in [7, 11) is 0. The zero-order valence-electron chi connectivity index (χ0n) is 19.9. The number of hydrogen-bond donors (Lipinski definition) is 0. The van der Waals surface area contributed by atoms with Crippen molar-refractivity contribution in [1.29, 1.82) is 0 Å². The number of piperazine rings is 1. The van der Waals surface area contributed by atoms with Gasteiger partial charge in [0.2, 0.25) is 5.91 Å². The van der Waals surface area contributed by atoms with Gasteiger partial charge in [0.15, 0.2) is 0 Å². The molecule has 3 aromatic rings. The molecule has 0 bridgehead atoms. The molecular formula is C25H29Cl2N5O2. The van der Waals surface area contributed by atoms with Crippen molar-refractivity contribution in [2.45, 2.75) is 40.3 Å². The Bertz CT molecular complexity index is 1200. The lowest BCUT2D eigenvalue weighted by atomic mass is 10.1. The van der Waals surface area contributed by atoms with E-state index in [1.54, 1.807) is 10.9 Å². The molecule has 0 radical (unpaired) electrons. The smallest absolute Gasteiger partial charge is 0.244 e. The van der Waals surface area contributed by atoms with Crippen molar-refractivity contribution in [2.75, 3.05) is 31.1 Å². The summed E-state index contributed by atoms with van der Waals surface area (Å²) in [4.78, 5) is 21.6. The number of ether oxygens (including phenoxy) is 1. The third-order valence-corrected chi connectivity index (χ3v) is 6.88. The van der Waals surface area contributed by atoms with Crippen LogP contribution in [0, 0.1) is 13.8 Å². The van der Waals surface area contributed by atoms with Gasteiger partial charge >= 0.3 is 0 Å². The van der Waals surface area contributed by atoms with Gasteiger partial charge < -0.3 is 14.5 Å². The topological polar surface area (TPSA) is 63.5 Å². The molecule has 1 fully saturated rings. The number of pyridine rings is 1.